The SMILES string of the molecule is Cc1cc(=O)[nH]c2c1C(=O)c1c(C)cc(=O)n(CCCCCCS)c1C2=O. The summed E-state index contributed by atoms with van der Waals surface area (Å²) in [6.45, 7) is 3.66. The molecule has 142 valence electrons. The molecule has 0 saturated heterocycles. The number of ketones is 2. The molecule has 0 amide bonds. The molecule has 0 fully saturated rings. The van der Waals surface area contributed by atoms with Gasteiger partial charge < -0.3 is 9.55 Å². The lowest BCUT2D eigenvalue weighted by atomic mass is 9.85. The van der Waals surface area contributed by atoms with Gasteiger partial charge in [0.05, 0.1) is 11.1 Å². The van der Waals surface area contributed by atoms with Gasteiger partial charge in [-0.05, 0) is 43.6 Å². The van der Waals surface area contributed by atoms with Crippen LogP contribution in [0.5, 0.6) is 0 Å². The highest BCUT2D eigenvalue weighted by molar-refractivity contribution is 7.80. The summed E-state index contributed by atoms with van der Waals surface area (Å²) in [7, 11) is 0. The first-order chi connectivity index (χ1) is 12.9. The van der Waals surface area contributed by atoms with E-state index in [1.54, 1.807) is 13.8 Å². The molecule has 0 radical (unpaired) electrons. The minimum absolute atomic E-state index is 0.0219. The van der Waals surface area contributed by atoms with Crippen molar-refractivity contribution in [2.45, 2.75) is 46.1 Å². The van der Waals surface area contributed by atoms with E-state index in [-0.39, 0.29) is 33.9 Å². The third-order valence-corrected chi connectivity index (χ3v) is 5.25. The maximum Gasteiger partial charge on any atom is 0.251 e. The van der Waals surface area contributed by atoms with Crippen molar-refractivity contribution < 1.29 is 9.59 Å². The summed E-state index contributed by atoms with van der Waals surface area (Å²) >= 11 is 4.18. The molecular formula is C20H22N2O4S. The van der Waals surface area contributed by atoms with Crippen LogP contribution in [0, 0.1) is 13.8 Å². The molecule has 7 heteroatoms. The Morgan fingerprint density at radius 1 is 0.889 bits per heavy atom. The summed E-state index contributed by atoms with van der Waals surface area (Å²) in [5, 5.41) is 0. The number of pyridine rings is 2. The number of carbonyl (C=O) groups is 2. The first-order valence-corrected chi connectivity index (χ1v) is 9.68. The van der Waals surface area contributed by atoms with Crippen molar-refractivity contribution in [2.75, 3.05) is 5.75 Å². The predicted octanol–water partition coefficient (Wildman–Crippen LogP) is 2.42. The topological polar surface area (TPSA) is 89.0 Å². The number of rotatable bonds is 6. The van der Waals surface area contributed by atoms with Gasteiger partial charge in [0.25, 0.3) is 5.56 Å². The molecule has 6 nitrogen and oxygen atoms in total. The lowest BCUT2D eigenvalue weighted by Gasteiger charge is -2.23. The molecule has 2 aromatic heterocycles. The second-order valence-corrected chi connectivity index (χ2v) is 7.35. The van der Waals surface area contributed by atoms with Crippen LogP contribution in [0.1, 0.15) is 68.9 Å². The van der Waals surface area contributed by atoms with E-state index >= 15 is 0 Å². The second kappa shape index (κ2) is 7.68. The van der Waals surface area contributed by atoms with Gasteiger partial charge in [0, 0.05) is 18.7 Å². The fraction of sp³-hybridized carbons (Fsp3) is 0.400. The molecule has 0 saturated carbocycles. The van der Waals surface area contributed by atoms with Crippen LogP contribution in [-0.4, -0.2) is 26.9 Å². The van der Waals surface area contributed by atoms with Crippen LogP contribution in [0.2, 0.25) is 0 Å². The molecule has 3 rings (SSSR count). The van der Waals surface area contributed by atoms with Crippen molar-refractivity contribution in [3.8, 4) is 0 Å². The molecule has 0 bridgehead atoms. The van der Waals surface area contributed by atoms with Crippen LogP contribution in [0.25, 0.3) is 0 Å². The zero-order valence-corrected chi connectivity index (χ0v) is 16.3. The first-order valence-electron chi connectivity index (χ1n) is 9.05. The van der Waals surface area contributed by atoms with E-state index < -0.39 is 11.3 Å². The van der Waals surface area contributed by atoms with Gasteiger partial charge in [0.15, 0.2) is 5.78 Å². The monoisotopic (exact) mass is 386 g/mol. The zero-order chi connectivity index (χ0) is 19.7. The zero-order valence-electron chi connectivity index (χ0n) is 15.4. The fourth-order valence-electron chi connectivity index (χ4n) is 3.64. The van der Waals surface area contributed by atoms with Crippen LogP contribution >= 0.6 is 12.6 Å². The van der Waals surface area contributed by atoms with E-state index in [0.717, 1.165) is 31.4 Å². The summed E-state index contributed by atoms with van der Waals surface area (Å²) in [6.07, 6.45) is 3.62. The highest BCUT2D eigenvalue weighted by Crippen LogP contribution is 2.28. The summed E-state index contributed by atoms with van der Waals surface area (Å²) in [5.74, 6) is 0.0161. The number of nitrogens with one attached hydrogen (secondary N) is 1. The molecule has 0 aromatic carbocycles. The van der Waals surface area contributed by atoms with E-state index in [4.69, 9.17) is 0 Å². The Kier molecular flexibility index (Phi) is 5.51. The number of H-pyrrole nitrogens is 1. The average Bonchev–Trinajstić information content (AvgIpc) is 2.60. The minimum atomic E-state index is -0.475. The number of carbonyl (C=O) groups excluding carboxylic acids is 2. The van der Waals surface area contributed by atoms with Crippen LogP contribution in [0.3, 0.4) is 0 Å². The van der Waals surface area contributed by atoms with Crippen molar-refractivity contribution in [1.29, 1.82) is 0 Å². The normalized spacial score (nSPS) is 12.9. The van der Waals surface area contributed by atoms with Gasteiger partial charge in [-0.25, -0.2) is 0 Å². The number of thiol groups is 1. The molecule has 0 atom stereocenters. The minimum Gasteiger partial charge on any atom is -0.318 e. The summed E-state index contributed by atoms with van der Waals surface area (Å²) in [5.41, 5.74) is 0.743. The van der Waals surface area contributed by atoms with Gasteiger partial charge >= 0.3 is 0 Å². The lowest BCUT2D eigenvalue weighted by Crippen LogP contribution is -2.35. The predicted molar refractivity (Wildman–Crippen MR) is 106 cm³/mol. The van der Waals surface area contributed by atoms with Crippen molar-refractivity contribution in [2.24, 2.45) is 0 Å². The van der Waals surface area contributed by atoms with E-state index in [0.29, 0.717) is 17.7 Å². The van der Waals surface area contributed by atoms with Gasteiger partial charge in [0.1, 0.15) is 11.4 Å². The smallest absolute Gasteiger partial charge is 0.251 e. The molecule has 1 aliphatic rings. The largest absolute Gasteiger partial charge is 0.318 e. The molecule has 0 aliphatic heterocycles. The highest BCUT2D eigenvalue weighted by Gasteiger charge is 2.35. The van der Waals surface area contributed by atoms with Crippen LogP contribution in [0.15, 0.2) is 21.7 Å². The Hall–Kier alpha value is -2.41. The summed E-state index contributed by atoms with van der Waals surface area (Å²) < 4.78 is 1.38. The van der Waals surface area contributed by atoms with Crippen molar-refractivity contribution in [3.63, 3.8) is 0 Å². The average molecular weight is 386 g/mol. The first kappa shape index (κ1) is 19.4. The molecular weight excluding hydrogens is 364 g/mol. The summed E-state index contributed by atoms with van der Waals surface area (Å²) in [6, 6.07) is 2.71. The maximum absolute atomic E-state index is 13.1. The molecule has 0 spiro atoms. The van der Waals surface area contributed by atoms with E-state index in [1.165, 1.54) is 16.7 Å². The number of aromatic nitrogens is 2. The van der Waals surface area contributed by atoms with Gasteiger partial charge in [-0.3, -0.25) is 19.2 Å². The number of aryl methyl sites for hydroxylation is 2. The standard InChI is InChI=1S/C20H22N2O4S/c1-11-9-13(23)21-17-15(11)19(25)16-12(2)10-14(24)22(18(16)20(17)26)7-5-3-4-6-8-27/h9-10,27H,3-8H2,1-2H3,(H,21,23). The van der Waals surface area contributed by atoms with Crippen molar-refractivity contribution >= 4 is 24.2 Å². The van der Waals surface area contributed by atoms with Crippen molar-refractivity contribution in [1.82, 2.24) is 9.55 Å². The number of aromatic amines is 1. The second-order valence-electron chi connectivity index (χ2n) is 6.90. The Bertz CT molecular complexity index is 1050. The van der Waals surface area contributed by atoms with Crippen LogP contribution in [-0.2, 0) is 6.54 Å². The van der Waals surface area contributed by atoms with Crippen molar-refractivity contribution in [3.05, 3.63) is 66.5 Å². The highest BCUT2D eigenvalue weighted by atomic mass is 32.1. The van der Waals surface area contributed by atoms with Gasteiger partial charge in [0.2, 0.25) is 11.3 Å². The number of fused-ring (bicyclic) bond motifs is 2. The van der Waals surface area contributed by atoms with Crippen LogP contribution in [0.4, 0.5) is 0 Å². The third kappa shape index (κ3) is 3.43. The van der Waals surface area contributed by atoms with Crippen LogP contribution < -0.4 is 11.1 Å². The Labute approximate surface area is 162 Å². The fourth-order valence-corrected chi connectivity index (χ4v) is 3.86. The quantitative estimate of drug-likeness (QED) is 0.503. The molecule has 2 heterocycles. The lowest BCUT2D eigenvalue weighted by molar-refractivity contribution is 0.0965. The molecule has 1 aliphatic carbocycles. The summed E-state index contributed by atoms with van der Waals surface area (Å²) in [4.78, 5) is 53.1. The number of unbranched alkanes of at least 4 members (excludes halogenated alkanes) is 3. The molecule has 2 aromatic rings. The van der Waals surface area contributed by atoms with Gasteiger partial charge in [-0.1, -0.05) is 12.8 Å². The van der Waals surface area contributed by atoms with E-state index in [9.17, 15) is 19.2 Å². The van der Waals surface area contributed by atoms with E-state index in [2.05, 4.69) is 17.6 Å². The molecule has 0 unspecified atom stereocenters. The van der Waals surface area contributed by atoms with E-state index in [1.807, 2.05) is 0 Å². The molecule has 1 N–H and O–H groups in total. The molecule has 27 heavy (non-hydrogen) atoms. The Morgan fingerprint density at radius 2 is 1.56 bits per heavy atom. The number of nitrogens with zero attached hydrogens (tertiary/aromatic N) is 1. The maximum atomic E-state index is 13.1. The van der Waals surface area contributed by atoms with Gasteiger partial charge in [-0.2, -0.15) is 12.6 Å². The Balaban J connectivity index is 2.11. The third-order valence-electron chi connectivity index (χ3n) is 4.93. The van der Waals surface area contributed by atoms with Gasteiger partial charge in [-0.15, -0.1) is 0 Å². The number of hydrogen-bond acceptors (Lipinski definition) is 5. The number of hydrogen-bond donors (Lipinski definition) is 2. The Morgan fingerprint density at radius 3 is 2.26 bits per heavy atom.